The van der Waals surface area contributed by atoms with Crippen molar-refractivity contribution in [3.05, 3.63) is 41.7 Å². The van der Waals surface area contributed by atoms with Gasteiger partial charge in [-0.05, 0) is 31.5 Å². The van der Waals surface area contributed by atoms with Crippen molar-refractivity contribution in [3.8, 4) is 0 Å². The maximum atomic E-state index is 12.2. The number of nitrogens with zero attached hydrogens (tertiary/aromatic N) is 3. The zero-order valence-corrected chi connectivity index (χ0v) is 10.8. The second kappa shape index (κ2) is 5.90. The van der Waals surface area contributed by atoms with E-state index >= 15 is 0 Å². The van der Waals surface area contributed by atoms with E-state index in [1.165, 1.54) is 12.4 Å². The van der Waals surface area contributed by atoms with Gasteiger partial charge in [-0.3, -0.25) is 10.1 Å². The molecule has 1 aromatic carbocycles. The summed E-state index contributed by atoms with van der Waals surface area (Å²) in [5, 5.41) is 13.2. The predicted octanol–water partition coefficient (Wildman–Crippen LogP) is 1.86. The first-order chi connectivity index (χ1) is 9.20. The van der Waals surface area contributed by atoms with Gasteiger partial charge < -0.3 is 5.32 Å². The van der Waals surface area contributed by atoms with Crippen LogP contribution in [0.5, 0.6) is 0 Å². The Morgan fingerprint density at radius 2 is 2.16 bits per heavy atom. The zero-order chi connectivity index (χ0) is 13.7. The van der Waals surface area contributed by atoms with Crippen LogP contribution in [-0.4, -0.2) is 27.6 Å². The summed E-state index contributed by atoms with van der Waals surface area (Å²) in [6.45, 7) is 4.70. The molecule has 0 atom stereocenters. The number of benzene rings is 1. The molecule has 0 fully saturated rings. The number of carbonyl (C=O) groups excluding carboxylic acids is 1. The molecule has 2 rings (SSSR count). The monoisotopic (exact) mass is 257 g/mol. The summed E-state index contributed by atoms with van der Waals surface area (Å²) in [7, 11) is 0. The van der Waals surface area contributed by atoms with E-state index < -0.39 is 0 Å². The Kier molecular flexibility index (Phi) is 4.02. The SMILES string of the molecule is CCNc1cc(C)ccc1C(=O)Nc1nccnn1. The lowest BCUT2D eigenvalue weighted by atomic mass is 10.1. The third-order valence-electron chi connectivity index (χ3n) is 2.49. The fourth-order valence-electron chi connectivity index (χ4n) is 1.67. The zero-order valence-electron chi connectivity index (χ0n) is 10.8. The molecule has 1 aromatic heterocycles. The normalized spacial score (nSPS) is 10.0. The largest absolute Gasteiger partial charge is 0.385 e. The summed E-state index contributed by atoms with van der Waals surface area (Å²) >= 11 is 0. The van der Waals surface area contributed by atoms with E-state index in [9.17, 15) is 4.79 Å². The Hall–Kier alpha value is -2.50. The summed E-state index contributed by atoms with van der Waals surface area (Å²) in [5.41, 5.74) is 2.44. The van der Waals surface area contributed by atoms with Crippen LogP contribution in [0.1, 0.15) is 22.8 Å². The number of nitrogens with one attached hydrogen (secondary N) is 2. The van der Waals surface area contributed by atoms with Crippen LogP contribution in [0, 0.1) is 6.92 Å². The van der Waals surface area contributed by atoms with Crippen molar-refractivity contribution in [3.63, 3.8) is 0 Å². The Morgan fingerprint density at radius 3 is 2.84 bits per heavy atom. The van der Waals surface area contributed by atoms with Crippen molar-refractivity contribution in [2.45, 2.75) is 13.8 Å². The molecular weight excluding hydrogens is 242 g/mol. The van der Waals surface area contributed by atoms with E-state index in [0.29, 0.717) is 5.56 Å². The minimum absolute atomic E-state index is 0.190. The Bertz CT molecular complexity index is 571. The highest BCUT2D eigenvalue weighted by atomic mass is 16.1. The molecule has 0 bridgehead atoms. The topological polar surface area (TPSA) is 79.8 Å². The Labute approximate surface area is 111 Å². The highest BCUT2D eigenvalue weighted by Gasteiger charge is 2.12. The molecule has 0 unspecified atom stereocenters. The van der Waals surface area contributed by atoms with Crippen LogP contribution in [0.4, 0.5) is 11.6 Å². The van der Waals surface area contributed by atoms with Crippen molar-refractivity contribution in [1.29, 1.82) is 0 Å². The van der Waals surface area contributed by atoms with Gasteiger partial charge in [0.15, 0.2) is 0 Å². The van der Waals surface area contributed by atoms with E-state index in [2.05, 4.69) is 25.8 Å². The minimum Gasteiger partial charge on any atom is -0.385 e. The molecular formula is C13H15N5O. The fourth-order valence-corrected chi connectivity index (χ4v) is 1.67. The molecule has 98 valence electrons. The molecule has 0 saturated heterocycles. The lowest BCUT2D eigenvalue weighted by Crippen LogP contribution is -2.16. The predicted molar refractivity (Wildman–Crippen MR) is 73.1 cm³/mol. The van der Waals surface area contributed by atoms with Crippen LogP contribution < -0.4 is 10.6 Å². The first kappa shape index (κ1) is 12.9. The summed E-state index contributed by atoms with van der Waals surface area (Å²) in [6, 6.07) is 5.60. The quantitative estimate of drug-likeness (QED) is 0.874. The number of amides is 1. The van der Waals surface area contributed by atoms with Crippen LogP contribution in [-0.2, 0) is 0 Å². The molecule has 0 aliphatic heterocycles. The number of carbonyl (C=O) groups is 1. The first-order valence-corrected chi connectivity index (χ1v) is 6.00. The number of hydrogen-bond acceptors (Lipinski definition) is 5. The highest BCUT2D eigenvalue weighted by molar-refractivity contribution is 6.07. The van der Waals surface area contributed by atoms with Gasteiger partial charge >= 0.3 is 0 Å². The van der Waals surface area contributed by atoms with Crippen molar-refractivity contribution >= 4 is 17.5 Å². The van der Waals surface area contributed by atoms with Crippen LogP contribution in [0.3, 0.4) is 0 Å². The molecule has 1 amide bonds. The Morgan fingerprint density at radius 1 is 1.32 bits per heavy atom. The summed E-state index contributed by atoms with van der Waals surface area (Å²) in [5.74, 6) is -0.0699. The number of aryl methyl sites for hydroxylation is 1. The Balaban J connectivity index is 2.23. The van der Waals surface area contributed by atoms with Gasteiger partial charge in [-0.25, -0.2) is 4.98 Å². The minimum atomic E-state index is -0.260. The summed E-state index contributed by atoms with van der Waals surface area (Å²) in [6.07, 6.45) is 2.93. The number of anilines is 2. The average Bonchev–Trinajstić information content (AvgIpc) is 2.40. The fraction of sp³-hybridized carbons (Fsp3) is 0.231. The van der Waals surface area contributed by atoms with Crippen LogP contribution in [0.2, 0.25) is 0 Å². The highest BCUT2D eigenvalue weighted by Crippen LogP contribution is 2.18. The molecule has 1 heterocycles. The smallest absolute Gasteiger partial charge is 0.260 e. The molecule has 0 spiro atoms. The van der Waals surface area contributed by atoms with Gasteiger partial charge in [0.25, 0.3) is 5.91 Å². The second-order valence-corrected chi connectivity index (χ2v) is 4.00. The third-order valence-corrected chi connectivity index (χ3v) is 2.49. The van der Waals surface area contributed by atoms with Crippen molar-refractivity contribution in [1.82, 2.24) is 15.2 Å². The molecule has 0 aliphatic carbocycles. The van der Waals surface area contributed by atoms with Gasteiger partial charge in [-0.1, -0.05) is 6.07 Å². The number of aromatic nitrogens is 3. The van der Waals surface area contributed by atoms with Crippen LogP contribution in [0.25, 0.3) is 0 Å². The van der Waals surface area contributed by atoms with Gasteiger partial charge in [-0.2, -0.15) is 5.10 Å². The lowest BCUT2D eigenvalue weighted by molar-refractivity contribution is 0.102. The molecule has 0 radical (unpaired) electrons. The standard InChI is InChI=1S/C13H15N5O/c1-3-14-11-8-9(2)4-5-10(11)12(19)17-13-15-6-7-16-18-13/h4-8,14H,3H2,1-2H3,(H,15,17,18,19). The van der Waals surface area contributed by atoms with E-state index in [0.717, 1.165) is 17.8 Å². The summed E-state index contributed by atoms with van der Waals surface area (Å²) in [4.78, 5) is 16.1. The molecule has 6 nitrogen and oxygen atoms in total. The van der Waals surface area contributed by atoms with Crippen molar-refractivity contribution in [2.24, 2.45) is 0 Å². The molecule has 6 heteroatoms. The summed E-state index contributed by atoms with van der Waals surface area (Å²) < 4.78 is 0. The third kappa shape index (κ3) is 3.25. The number of rotatable bonds is 4. The van der Waals surface area contributed by atoms with Gasteiger partial charge in [0.05, 0.1) is 18.0 Å². The van der Waals surface area contributed by atoms with Crippen molar-refractivity contribution in [2.75, 3.05) is 17.2 Å². The van der Waals surface area contributed by atoms with Gasteiger partial charge in [0.1, 0.15) is 0 Å². The average molecular weight is 257 g/mol. The van der Waals surface area contributed by atoms with Crippen molar-refractivity contribution < 1.29 is 4.79 Å². The molecule has 0 saturated carbocycles. The number of hydrogen-bond donors (Lipinski definition) is 2. The van der Waals surface area contributed by atoms with Gasteiger partial charge in [-0.15, -0.1) is 5.10 Å². The van der Waals surface area contributed by atoms with Gasteiger partial charge in [0, 0.05) is 12.2 Å². The molecule has 0 aliphatic rings. The van der Waals surface area contributed by atoms with E-state index in [-0.39, 0.29) is 11.9 Å². The molecule has 2 aromatic rings. The lowest BCUT2D eigenvalue weighted by Gasteiger charge is -2.11. The van der Waals surface area contributed by atoms with Crippen LogP contribution in [0.15, 0.2) is 30.6 Å². The van der Waals surface area contributed by atoms with E-state index in [1.54, 1.807) is 6.07 Å². The van der Waals surface area contributed by atoms with Crippen LogP contribution >= 0.6 is 0 Å². The van der Waals surface area contributed by atoms with E-state index in [1.807, 2.05) is 26.0 Å². The second-order valence-electron chi connectivity index (χ2n) is 4.00. The molecule has 2 N–H and O–H groups in total. The molecule has 19 heavy (non-hydrogen) atoms. The maximum Gasteiger partial charge on any atom is 0.260 e. The maximum absolute atomic E-state index is 12.2. The van der Waals surface area contributed by atoms with E-state index in [4.69, 9.17) is 0 Å². The van der Waals surface area contributed by atoms with Gasteiger partial charge in [0.2, 0.25) is 5.95 Å². The first-order valence-electron chi connectivity index (χ1n) is 6.00.